The average molecular weight is 360 g/mol. The number of hydrogen-bond acceptors (Lipinski definition) is 5. The number of carboxylic acid groups (broad SMARTS) is 1. The normalized spacial score (nSPS) is 16.9. The number of carboxylic acids is 1. The van der Waals surface area contributed by atoms with Gasteiger partial charge in [0.15, 0.2) is 11.8 Å². The molecule has 8 heteroatoms. The van der Waals surface area contributed by atoms with Crippen LogP contribution in [0.15, 0.2) is 22.2 Å². The second-order valence-corrected chi connectivity index (χ2v) is 6.55. The van der Waals surface area contributed by atoms with E-state index in [1.54, 1.807) is 9.13 Å². The van der Waals surface area contributed by atoms with Crippen molar-refractivity contribution < 1.29 is 14.7 Å². The molecule has 0 unspecified atom stereocenters. The highest BCUT2D eigenvalue weighted by Gasteiger charge is 2.26. The van der Waals surface area contributed by atoms with E-state index in [0.717, 1.165) is 25.0 Å². The van der Waals surface area contributed by atoms with Gasteiger partial charge in [0.25, 0.3) is 0 Å². The minimum atomic E-state index is -1.07. The third-order valence-corrected chi connectivity index (χ3v) is 4.95. The van der Waals surface area contributed by atoms with E-state index < -0.39 is 5.97 Å². The van der Waals surface area contributed by atoms with E-state index in [2.05, 4.69) is 10.1 Å². The highest BCUT2D eigenvalue weighted by Crippen LogP contribution is 2.23. The summed E-state index contributed by atoms with van der Waals surface area (Å²) >= 11 is 0. The fourth-order valence-electron chi connectivity index (χ4n) is 3.43. The topological polar surface area (TPSA) is 98.7 Å². The lowest BCUT2D eigenvalue weighted by atomic mass is 10.1. The molecule has 0 saturated heterocycles. The summed E-state index contributed by atoms with van der Waals surface area (Å²) in [5, 5.41) is 13.3. The number of oxime groups is 1. The van der Waals surface area contributed by atoms with Crippen LogP contribution in [0.5, 0.6) is 0 Å². The molecule has 0 aromatic carbocycles. The first kappa shape index (κ1) is 18.2. The Kier molecular flexibility index (Phi) is 5.11. The van der Waals surface area contributed by atoms with Gasteiger partial charge in [-0.3, -0.25) is 9.13 Å². The summed E-state index contributed by atoms with van der Waals surface area (Å²) in [5.41, 5.74) is 1.89. The molecule has 0 saturated carbocycles. The zero-order valence-electron chi connectivity index (χ0n) is 15.3. The maximum absolute atomic E-state index is 13.1. The third-order valence-electron chi connectivity index (χ3n) is 4.95. The number of aromatic nitrogens is 3. The van der Waals surface area contributed by atoms with Gasteiger partial charge in [-0.2, -0.15) is 0 Å². The molecule has 2 aromatic heterocycles. The molecule has 3 rings (SSSR count). The molecule has 0 radical (unpaired) electrons. The summed E-state index contributed by atoms with van der Waals surface area (Å²) in [6.45, 7) is 6.38. The van der Waals surface area contributed by atoms with E-state index in [9.17, 15) is 14.7 Å². The number of fused-ring (bicyclic) bond motifs is 1. The number of imidazole rings is 1. The molecule has 1 atom stereocenters. The smallest absolute Gasteiger partial charge is 0.337 e. The van der Waals surface area contributed by atoms with Crippen LogP contribution in [0.3, 0.4) is 0 Å². The van der Waals surface area contributed by atoms with Gasteiger partial charge in [0.1, 0.15) is 0 Å². The molecule has 0 amide bonds. The van der Waals surface area contributed by atoms with Crippen molar-refractivity contribution in [1.29, 1.82) is 0 Å². The number of aromatic carboxylic acids is 1. The largest absolute Gasteiger partial charge is 0.478 e. The van der Waals surface area contributed by atoms with Gasteiger partial charge in [0.2, 0.25) is 0 Å². The monoisotopic (exact) mass is 360 g/mol. The predicted octanol–water partition coefficient (Wildman–Crippen LogP) is 2.81. The van der Waals surface area contributed by atoms with Crippen molar-refractivity contribution in [2.45, 2.75) is 65.1 Å². The Hall–Kier alpha value is -2.64. The van der Waals surface area contributed by atoms with Gasteiger partial charge in [-0.05, 0) is 25.3 Å². The molecular formula is C18H24N4O4. The van der Waals surface area contributed by atoms with Crippen molar-refractivity contribution in [2.75, 3.05) is 0 Å². The number of nitrogens with zero attached hydrogens (tertiary/aromatic N) is 4. The van der Waals surface area contributed by atoms with Crippen LogP contribution < -0.4 is 5.69 Å². The molecule has 8 nitrogen and oxygen atoms in total. The van der Waals surface area contributed by atoms with E-state index in [0.29, 0.717) is 24.1 Å². The lowest BCUT2D eigenvalue weighted by Crippen LogP contribution is -2.30. The molecule has 26 heavy (non-hydrogen) atoms. The van der Waals surface area contributed by atoms with E-state index >= 15 is 0 Å². The first-order valence-corrected chi connectivity index (χ1v) is 9.05. The van der Waals surface area contributed by atoms with E-state index in [-0.39, 0.29) is 23.4 Å². The maximum Gasteiger partial charge on any atom is 0.337 e. The van der Waals surface area contributed by atoms with Crippen molar-refractivity contribution in [3.05, 3.63) is 28.3 Å². The van der Waals surface area contributed by atoms with Crippen LogP contribution >= 0.6 is 0 Å². The van der Waals surface area contributed by atoms with E-state index in [1.165, 1.54) is 12.3 Å². The van der Waals surface area contributed by atoms with Gasteiger partial charge >= 0.3 is 11.7 Å². The highest BCUT2D eigenvalue weighted by atomic mass is 16.6. The first-order chi connectivity index (χ1) is 12.5. The standard InChI is InChI=1S/C18H24N4O4/c1-4-12-8-14(26-20-12)10-21-15-7-11(17(23)24)9-19-16(15)22(18(21)25)13(5-2)6-3/h7,9,13-14H,4-6,8,10H2,1-3H3,(H,23,24)/t14-/m1/s1. The van der Waals surface area contributed by atoms with Crippen molar-refractivity contribution in [3.8, 4) is 0 Å². The molecule has 3 heterocycles. The number of carbonyl (C=O) groups is 1. The Morgan fingerprint density at radius 1 is 1.38 bits per heavy atom. The Bertz CT molecular complexity index is 908. The Morgan fingerprint density at radius 2 is 2.12 bits per heavy atom. The van der Waals surface area contributed by atoms with Crippen LogP contribution in [0.25, 0.3) is 11.2 Å². The average Bonchev–Trinajstić information content (AvgIpc) is 3.20. The minimum absolute atomic E-state index is 0.0152. The van der Waals surface area contributed by atoms with Crippen LogP contribution in [0.4, 0.5) is 0 Å². The van der Waals surface area contributed by atoms with Crippen LogP contribution in [-0.4, -0.2) is 37.0 Å². The summed E-state index contributed by atoms with van der Waals surface area (Å²) in [4.78, 5) is 34.2. The molecule has 1 aliphatic rings. The molecule has 140 valence electrons. The summed E-state index contributed by atoms with van der Waals surface area (Å²) in [5.74, 6) is -1.07. The van der Waals surface area contributed by atoms with Gasteiger partial charge in [-0.1, -0.05) is 25.9 Å². The molecule has 1 aliphatic heterocycles. The van der Waals surface area contributed by atoms with Crippen molar-refractivity contribution in [2.24, 2.45) is 5.16 Å². The van der Waals surface area contributed by atoms with Gasteiger partial charge in [-0.25, -0.2) is 14.6 Å². The highest BCUT2D eigenvalue weighted by molar-refractivity contribution is 5.91. The number of hydrogen-bond donors (Lipinski definition) is 1. The lowest BCUT2D eigenvalue weighted by molar-refractivity contribution is 0.0696. The summed E-state index contributed by atoms with van der Waals surface area (Å²) < 4.78 is 3.25. The third kappa shape index (κ3) is 3.11. The fourth-order valence-corrected chi connectivity index (χ4v) is 3.43. The predicted molar refractivity (Wildman–Crippen MR) is 97.8 cm³/mol. The van der Waals surface area contributed by atoms with Crippen LogP contribution in [-0.2, 0) is 11.4 Å². The Balaban J connectivity index is 2.10. The van der Waals surface area contributed by atoms with Gasteiger partial charge in [0.05, 0.1) is 23.3 Å². The SMILES string of the molecule is CCC1=NO[C@@H](Cn2c(=O)n(C(CC)CC)c3ncc(C(=O)O)cc32)C1. The van der Waals surface area contributed by atoms with Crippen molar-refractivity contribution in [1.82, 2.24) is 14.1 Å². The lowest BCUT2D eigenvalue weighted by Gasteiger charge is -2.13. The van der Waals surface area contributed by atoms with E-state index in [4.69, 9.17) is 4.84 Å². The summed E-state index contributed by atoms with van der Waals surface area (Å²) in [6.07, 6.45) is 4.15. The second kappa shape index (κ2) is 7.31. The maximum atomic E-state index is 13.1. The molecule has 2 aromatic rings. The van der Waals surface area contributed by atoms with Crippen LogP contribution in [0.1, 0.15) is 62.9 Å². The van der Waals surface area contributed by atoms with Gasteiger partial charge in [0, 0.05) is 18.7 Å². The fraction of sp³-hybridized carbons (Fsp3) is 0.556. The number of rotatable bonds is 7. The number of pyridine rings is 1. The van der Waals surface area contributed by atoms with Crippen LogP contribution in [0, 0.1) is 0 Å². The Morgan fingerprint density at radius 3 is 2.69 bits per heavy atom. The molecule has 0 aliphatic carbocycles. The molecule has 0 fully saturated rings. The Labute approximate surface area is 151 Å². The second-order valence-electron chi connectivity index (χ2n) is 6.55. The van der Waals surface area contributed by atoms with Crippen molar-refractivity contribution >= 4 is 22.8 Å². The van der Waals surface area contributed by atoms with Gasteiger partial charge in [-0.15, -0.1) is 0 Å². The van der Waals surface area contributed by atoms with Crippen molar-refractivity contribution in [3.63, 3.8) is 0 Å². The molecule has 0 bridgehead atoms. The van der Waals surface area contributed by atoms with Crippen LogP contribution in [0.2, 0.25) is 0 Å². The van der Waals surface area contributed by atoms with Gasteiger partial charge < -0.3 is 9.94 Å². The summed E-state index contributed by atoms with van der Waals surface area (Å²) in [6, 6.07) is 1.53. The molecular weight excluding hydrogens is 336 g/mol. The summed E-state index contributed by atoms with van der Waals surface area (Å²) in [7, 11) is 0. The first-order valence-electron chi connectivity index (χ1n) is 9.05. The zero-order chi connectivity index (χ0) is 18.8. The quantitative estimate of drug-likeness (QED) is 0.818. The zero-order valence-corrected chi connectivity index (χ0v) is 15.3. The molecule has 0 spiro atoms. The molecule has 1 N–H and O–H groups in total. The van der Waals surface area contributed by atoms with E-state index in [1.807, 2.05) is 20.8 Å². The minimum Gasteiger partial charge on any atom is -0.478 e.